The number of Topliss-reactive ketones (excluding diaryl/α,β-unsaturated/α-hetero) is 1. The second-order valence-corrected chi connectivity index (χ2v) is 9.96. The van der Waals surface area contributed by atoms with Crippen LogP contribution < -0.4 is 0 Å². The maximum Gasteiger partial charge on any atom is 0.410 e. The lowest BCUT2D eigenvalue weighted by atomic mass is 9.85. The van der Waals surface area contributed by atoms with Gasteiger partial charge in [-0.3, -0.25) is 9.59 Å². The summed E-state index contributed by atoms with van der Waals surface area (Å²) >= 11 is 5.92. The van der Waals surface area contributed by atoms with E-state index in [2.05, 4.69) is 0 Å². The molecule has 1 aliphatic carbocycles. The zero-order valence-corrected chi connectivity index (χ0v) is 20.2. The van der Waals surface area contributed by atoms with Gasteiger partial charge in [-0.1, -0.05) is 29.8 Å². The first kappa shape index (κ1) is 25.2. The van der Waals surface area contributed by atoms with Gasteiger partial charge in [-0.25, -0.2) is 9.18 Å². The molecule has 0 spiro atoms. The van der Waals surface area contributed by atoms with Gasteiger partial charge in [0.15, 0.2) is 0 Å². The van der Waals surface area contributed by atoms with E-state index in [9.17, 15) is 18.8 Å². The number of nitrogens with zero attached hydrogens (tertiary/aromatic N) is 1. The highest BCUT2D eigenvalue weighted by molar-refractivity contribution is 6.30. The monoisotopic (exact) mass is 501 g/mol. The standard InChI is InChI=1S/C27H29ClFNO5/c28-22-5-8-25(29)21(14-22)15-23(31)12-18-1-4-20-16-30(10-9-19(20)11-18)27(34)35-24-6-2-17(3-7-24)13-26(32)33/h1,4-5,8,11,14,17,24H,2-3,6-7,9-10,12-13,15-16H2,(H,32,33). The van der Waals surface area contributed by atoms with Crippen LogP contribution >= 0.6 is 11.6 Å². The summed E-state index contributed by atoms with van der Waals surface area (Å²) < 4.78 is 19.6. The van der Waals surface area contributed by atoms with Crippen LogP contribution in [0.4, 0.5) is 9.18 Å². The van der Waals surface area contributed by atoms with E-state index < -0.39 is 11.8 Å². The number of aliphatic carboxylic acids is 1. The van der Waals surface area contributed by atoms with Gasteiger partial charge < -0.3 is 14.7 Å². The SMILES string of the molecule is O=C(O)CC1CCC(OC(=O)N2CCc3cc(CC(=O)Cc4cc(Cl)ccc4F)ccc3C2)CC1. The number of halogens is 2. The molecule has 35 heavy (non-hydrogen) atoms. The fourth-order valence-corrected chi connectivity index (χ4v) is 5.17. The van der Waals surface area contributed by atoms with Gasteiger partial charge in [-0.2, -0.15) is 0 Å². The molecule has 1 N–H and O–H groups in total. The highest BCUT2D eigenvalue weighted by atomic mass is 35.5. The Hall–Kier alpha value is -2.93. The number of hydrogen-bond donors (Lipinski definition) is 1. The summed E-state index contributed by atoms with van der Waals surface area (Å²) in [5, 5.41) is 9.34. The van der Waals surface area contributed by atoms with E-state index in [1.54, 1.807) is 4.90 Å². The Kier molecular flexibility index (Phi) is 8.06. The van der Waals surface area contributed by atoms with E-state index >= 15 is 0 Å². The van der Waals surface area contributed by atoms with Crippen LogP contribution in [0.5, 0.6) is 0 Å². The van der Waals surface area contributed by atoms with Crippen LogP contribution in [0.3, 0.4) is 0 Å². The predicted octanol–water partition coefficient (Wildman–Crippen LogP) is 5.36. The molecule has 0 unspecified atom stereocenters. The van der Waals surface area contributed by atoms with Crippen molar-refractivity contribution in [3.05, 3.63) is 69.5 Å². The van der Waals surface area contributed by atoms with Crippen LogP contribution in [0.15, 0.2) is 36.4 Å². The number of carboxylic acid groups (broad SMARTS) is 1. The summed E-state index contributed by atoms with van der Waals surface area (Å²) in [6, 6.07) is 10.0. The number of carbonyl (C=O) groups is 3. The molecule has 0 atom stereocenters. The predicted molar refractivity (Wildman–Crippen MR) is 129 cm³/mol. The van der Waals surface area contributed by atoms with Crippen molar-refractivity contribution in [1.82, 2.24) is 4.90 Å². The Bertz CT molecular complexity index is 1110. The Balaban J connectivity index is 1.28. The summed E-state index contributed by atoms with van der Waals surface area (Å²) in [7, 11) is 0. The van der Waals surface area contributed by atoms with Crippen LogP contribution in [-0.4, -0.2) is 40.5 Å². The molecule has 1 saturated carbocycles. The summed E-state index contributed by atoms with van der Waals surface area (Å²) in [6.07, 6.45) is 3.46. The lowest BCUT2D eigenvalue weighted by Gasteiger charge is -2.32. The van der Waals surface area contributed by atoms with Crippen LogP contribution in [0.25, 0.3) is 0 Å². The molecular formula is C27H29ClFNO5. The van der Waals surface area contributed by atoms with Gasteiger partial charge in [0, 0.05) is 37.4 Å². The highest BCUT2D eigenvalue weighted by Crippen LogP contribution is 2.29. The fraction of sp³-hybridized carbons (Fsp3) is 0.444. The molecular weight excluding hydrogens is 473 g/mol. The third kappa shape index (κ3) is 6.82. The molecule has 6 nitrogen and oxygen atoms in total. The van der Waals surface area contributed by atoms with Gasteiger partial charge in [0.05, 0.1) is 0 Å². The Morgan fingerprint density at radius 2 is 1.80 bits per heavy atom. The van der Waals surface area contributed by atoms with E-state index in [1.165, 1.54) is 18.2 Å². The number of rotatable bonds is 7. The van der Waals surface area contributed by atoms with Crippen LogP contribution in [0.2, 0.25) is 5.02 Å². The first-order valence-electron chi connectivity index (χ1n) is 12.0. The number of ketones is 1. The molecule has 1 heterocycles. The topological polar surface area (TPSA) is 83.9 Å². The highest BCUT2D eigenvalue weighted by Gasteiger charge is 2.28. The zero-order chi connectivity index (χ0) is 24.9. The van der Waals surface area contributed by atoms with Gasteiger partial charge >= 0.3 is 12.1 Å². The number of carbonyl (C=O) groups excluding carboxylic acids is 2. The molecule has 1 aliphatic heterocycles. The summed E-state index contributed by atoms with van der Waals surface area (Å²) in [5.74, 6) is -1.14. The van der Waals surface area contributed by atoms with Crippen molar-refractivity contribution < 1.29 is 28.6 Å². The largest absolute Gasteiger partial charge is 0.481 e. The Labute approximate surface area is 209 Å². The van der Waals surface area contributed by atoms with E-state index in [1.807, 2.05) is 18.2 Å². The number of carboxylic acids is 1. The normalized spacial score (nSPS) is 19.7. The van der Waals surface area contributed by atoms with E-state index in [0.717, 1.165) is 29.5 Å². The van der Waals surface area contributed by atoms with Crippen molar-refractivity contribution in [2.24, 2.45) is 5.92 Å². The average molecular weight is 502 g/mol. The van der Waals surface area contributed by atoms with Crippen molar-refractivity contribution >= 4 is 29.4 Å². The van der Waals surface area contributed by atoms with Gasteiger partial charge in [0.25, 0.3) is 0 Å². The maximum absolute atomic E-state index is 13.9. The molecule has 8 heteroatoms. The Morgan fingerprint density at radius 3 is 2.54 bits per heavy atom. The third-order valence-electron chi connectivity index (χ3n) is 6.86. The minimum atomic E-state index is -0.778. The molecule has 0 aromatic heterocycles. The fourth-order valence-electron chi connectivity index (χ4n) is 4.97. The van der Waals surface area contributed by atoms with Crippen molar-refractivity contribution in [3.8, 4) is 0 Å². The number of ether oxygens (including phenoxy) is 1. The molecule has 1 amide bonds. The van der Waals surface area contributed by atoms with Gasteiger partial charge in [-0.05, 0) is 78.5 Å². The van der Waals surface area contributed by atoms with Gasteiger partial charge in [0.1, 0.15) is 17.7 Å². The number of hydrogen-bond acceptors (Lipinski definition) is 4. The second-order valence-electron chi connectivity index (χ2n) is 9.53. The van der Waals surface area contributed by atoms with Crippen molar-refractivity contribution in [2.75, 3.05) is 6.54 Å². The smallest absolute Gasteiger partial charge is 0.410 e. The molecule has 0 bridgehead atoms. The van der Waals surface area contributed by atoms with Crippen molar-refractivity contribution in [3.63, 3.8) is 0 Å². The number of benzene rings is 2. The third-order valence-corrected chi connectivity index (χ3v) is 7.10. The van der Waals surface area contributed by atoms with Crippen LogP contribution in [0.1, 0.15) is 54.4 Å². The maximum atomic E-state index is 13.9. The van der Waals surface area contributed by atoms with Crippen molar-refractivity contribution in [2.45, 2.75) is 64.0 Å². The minimum absolute atomic E-state index is 0.0126. The quantitative estimate of drug-likeness (QED) is 0.552. The van der Waals surface area contributed by atoms with Crippen molar-refractivity contribution in [1.29, 1.82) is 0 Å². The molecule has 1 fully saturated rings. The Morgan fingerprint density at radius 1 is 1.03 bits per heavy atom. The average Bonchev–Trinajstić information content (AvgIpc) is 2.82. The number of amides is 1. The lowest BCUT2D eigenvalue weighted by molar-refractivity contribution is -0.138. The molecule has 0 radical (unpaired) electrons. The lowest BCUT2D eigenvalue weighted by Crippen LogP contribution is -2.39. The molecule has 0 saturated heterocycles. The van der Waals surface area contributed by atoms with Gasteiger partial charge in [-0.15, -0.1) is 0 Å². The summed E-state index contributed by atoms with van der Waals surface area (Å²) in [5.41, 5.74) is 3.29. The van der Waals surface area contributed by atoms with E-state index in [0.29, 0.717) is 42.9 Å². The number of fused-ring (bicyclic) bond motifs is 1. The van der Waals surface area contributed by atoms with E-state index in [4.69, 9.17) is 21.4 Å². The molecule has 2 aliphatic rings. The molecule has 2 aromatic carbocycles. The second kappa shape index (κ2) is 11.2. The van der Waals surface area contributed by atoms with E-state index in [-0.39, 0.29) is 43.2 Å². The zero-order valence-electron chi connectivity index (χ0n) is 19.5. The minimum Gasteiger partial charge on any atom is -0.481 e. The molecule has 2 aromatic rings. The first-order chi connectivity index (χ1) is 16.8. The van der Waals surface area contributed by atoms with Crippen LogP contribution in [-0.2, 0) is 40.1 Å². The summed E-state index contributed by atoms with van der Waals surface area (Å²) in [4.78, 5) is 37.8. The molecule has 186 valence electrons. The van der Waals surface area contributed by atoms with Gasteiger partial charge in [0.2, 0.25) is 0 Å². The van der Waals surface area contributed by atoms with Crippen LogP contribution in [0, 0.1) is 11.7 Å². The summed E-state index contributed by atoms with van der Waals surface area (Å²) in [6.45, 7) is 0.982. The first-order valence-corrected chi connectivity index (χ1v) is 12.4. The molecule has 4 rings (SSSR count).